The Bertz CT molecular complexity index is 457. The van der Waals surface area contributed by atoms with E-state index in [1.54, 1.807) is 0 Å². The van der Waals surface area contributed by atoms with E-state index >= 15 is 0 Å². The van der Waals surface area contributed by atoms with E-state index in [0.717, 1.165) is 12.0 Å². The van der Waals surface area contributed by atoms with Crippen LogP contribution in [0.4, 0.5) is 0 Å². The van der Waals surface area contributed by atoms with Crippen molar-refractivity contribution >= 4 is 0 Å². The summed E-state index contributed by atoms with van der Waals surface area (Å²) in [5.74, 6) is 1.00. The third kappa shape index (κ3) is 3.32. The van der Waals surface area contributed by atoms with Crippen molar-refractivity contribution in [3.05, 3.63) is 35.4 Å². The molecule has 1 N–H and O–H groups in total. The van der Waals surface area contributed by atoms with E-state index in [2.05, 4.69) is 48.5 Å². The molecular formula is C19H30N2. The average molecular weight is 286 g/mol. The summed E-state index contributed by atoms with van der Waals surface area (Å²) in [5.41, 5.74) is 2.88. The number of aryl methyl sites for hydroxylation is 1. The summed E-state index contributed by atoms with van der Waals surface area (Å²) >= 11 is 0. The van der Waals surface area contributed by atoms with Gasteiger partial charge in [-0.15, -0.1) is 0 Å². The molecule has 0 aromatic heterocycles. The predicted molar refractivity (Wildman–Crippen MR) is 89.5 cm³/mol. The molecular weight excluding hydrogens is 256 g/mol. The van der Waals surface area contributed by atoms with Crippen molar-refractivity contribution < 1.29 is 0 Å². The van der Waals surface area contributed by atoms with Crippen LogP contribution < -0.4 is 5.32 Å². The van der Waals surface area contributed by atoms with Gasteiger partial charge in [-0.1, -0.05) is 30.7 Å². The van der Waals surface area contributed by atoms with Crippen molar-refractivity contribution in [3.8, 4) is 0 Å². The number of likely N-dealkylation sites (tertiary alicyclic amines) is 1. The van der Waals surface area contributed by atoms with Gasteiger partial charge < -0.3 is 10.2 Å². The Labute approximate surface area is 129 Å². The number of fused-ring (bicyclic) bond motifs is 1. The Balaban J connectivity index is 1.61. The summed E-state index contributed by atoms with van der Waals surface area (Å²) in [5, 5.41) is 3.53. The van der Waals surface area contributed by atoms with Crippen LogP contribution in [0.2, 0.25) is 0 Å². The largest absolute Gasteiger partial charge is 0.313 e. The maximum atomic E-state index is 3.53. The van der Waals surface area contributed by atoms with Crippen molar-refractivity contribution in [2.24, 2.45) is 5.92 Å². The first-order valence-electron chi connectivity index (χ1n) is 8.76. The molecule has 3 atom stereocenters. The minimum atomic E-state index is 0.493. The zero-order valence-electron chi connectivity index (χ0n) is 13.6. The van der Waals surface area contributed by atoms with Gasteiger partial charge in [0.2, 0.25) is 0 Å². The summed E-state index contributed by atoms with van der Waals surface area (Å²) in [6.45, 7) is 4.81. The second-order valence-electron chi connectivity index (χ2n) is 6.92. The van der Waals surface area contributed by atoms with E-state index in [4.69, 9.17) is 0 Å². The molecule has 1 heterocycles. The summed E-state index contributed by atoms with van der Waals surface area (Å²) in [4.78, 5) is 2.80. The molecule has 2 aliphatic rings. The molecule has 0 spiro atoms. The molecule has 2 nitrogen and oxygen atoms in total. The minimum absolute atomic E-state index is 0.493. The second-order valence-corrected chi connectivity index (χ2v) is 6.92. The number of hydrogen-bond donors (Lipinski definition) is 1. The molecule has 1 aliphatic carbocycles. The first kappa shape index (κ1) is 15.1. The summed E-state index contributed by atoms with van der Waals surface area (Å²) in [7, 11) is 2.10. The quantitative estimate of drug-likeness (QED) is 0.883. The van der Waals surface area contributed by atoms with E-state index < -0.39 is 0 Å². The molecule has 1 saturated heterocycles. The van der Waals surface area contributed by atoms with Gasteiger partial charge in [-0.05, 0) is 69.7 Å². The molecule has 1 aromatic carbocycles. The van der Waals surface area contributed by atoms with Crippen LogP contribution in [0, 0.1) is 12.8 Å². The fourth-order valence-electron chi connectivity index (χ4n) is 4.56. The number of benzene rings is 1. The second kappa shape index (κ2) is 6.93. The van der Waals surface area contributed by atoms with E-state index in [9.17, 15) is 0 Å². The molecule has 3 rings (SSSR count). The van der Waals surface area contributed by atoms with Crippen LogP contribution >= 0.6 is 0 Å². The van der Waals surface area contributed by atoms with Crippen LogP contribution in [0.1, 0.15) is 55.7 Å². The van der Waals surface area contributed by atoms with Gasteiger partial charge in [0.1, 0.15) is 0 Å². The van der Waals surface area contributed by atoms with E-state index in [1.165, 1.54) is 62.7 Å². The van der Waals surface area contributed by atoms with Gasteiger partial charge in [-0.25, -0.2) is 0 Å². The molecule has 116 valence electrons. The number of piperidine rings is 1. The Morgan fingerprint density at radius 2 is 2.00 bits per heavy atom. The Hall–Kier alpha value is -0.860. The lowest BCUT2D eigenvalue weighted by molar-refractivity contribution is 0.108. The molecule has 21 heavy (non-hydrogen) atoms. The fourth-order valence-corrected chi connectivity index (χ4v) is 4.56. The third-order valence-corrected chi connectivity index (χ3v) is 5.73. The van der Waals surface area contributed by atoms with Gasteiger partial charge in [-0.2, -0.15) is 0 Å². The Kier molecular flexibility index (Phi) is 4.97. The molecule has 3 unspecified atom stereocenters. The molecule has 2 heteroatoms. The maximum absolute atomic E-state index is 3.53. The van der Waals surface area contributed by atoms with Crippen molar-refractivity contribution in [2.45, 2.75) is 57.5 Å². The van der Waals surface area contributed by atoms with Gasteiger partial charge >= 0.3 is 0 Å². The lowest BCUT2D eigenvalue weighted by Crippen LogP contribution is -2.43. The smallest absolute Gasteiger partial charge is 0.0332 e. The van der Waals surface area contributed by atoms with Crippen molar-refractivity contribution in [2.75, 3.05) is 20.1 Å². The van der Waals surface area contributed by atoms with E-state index in [-0.39, 0.29) is 0 Å². The molecule has 0 amide bonds. The number of hydrogen-bond acceptors (Lipinski definition) is 2. The number of nitrogens with one attached hydrogen (secondary N) is 1. The lowest BCUT2D eigenvalue weighted by Gasteiger charge is -2.38. The topological polar surface area (TPSA) is 15.3 Å². The van der Waals surface area contributed by atoms with Crippen molar-refractivity contribution in [3.63, 3.8) is 0 Å². The highest BCUT2D eigenvalue weighted by atomic mass is 15.2. The molecule has 1 aromatic rings. The average Bonchev–Trinajstić information content (AvgIpc) is 2.98. The molecule has 1 saturated carbocycles. The normalized spacial score (nSPS) is 27.5. The van der Waals surface area contributed by atoms with Gasteiger partial charge in [0.15, 0.2) is 0 Å². The minimum Gasteiger partial charge on any atom is -0.313 e. The van der Waals surface area contributed by atoms with Crippen LogP contribution in [0.5, 0.6) is 0 Å². The third-order valence-electron chi connectivity index (χ3n) is 5.73. The monoisotopic (exact) mass is 286 g/mol. The standard InChI is InChI=1S/C19H30N2/c1-15-7-3-4-10-17(15)18(20-2)12-14-21-13-6-9-16-8-5-11-19(16)21/h3-4,7,10,16,18-20H,5-6,8-9,11-14H2,1-2H3. The Morgan fingerprint density at radius 3 is 2.81 bits per heavy atom. The SMILES string of the molecule is CNC(CCN1CCCC2CCCC21)c1ccccc1C. The van der Waals surface area contributed by atoms with Crippen LogP contribution in [0.3, 0.4) is 0 Å². The van der Waals surface area contributed by atoms with Crippen molar-refractivity contribution in [1.82, 2.24) is 10.2 Å². The summed E-state index contributed by atoms with van der Waals surface area (Å²) < 4.78 is 0. The zero-order chi connectivity index (χ0) is 14.7. The molecule has 0 bridgehead atoms. The first-order chi connectivity index (χ1) is 10.3. The predicted octanol–water partition coefficient (Wildman–Crippen LogP) is 3.91. The van der Waals surface area contributed by atoms with Crippen LogP contribution in [-0.4, -0.2) is 31.1 Å². The highest BCUT2D eigenvalue weighted by Crippen LogP contribution is 2.37. The highest BCUT2D eigenvalue weighted by molar-refractivity contribution is 5.28. The number of nitrogens with zero attached hydrogens (tertiary/aromatic N) is 1. The number of rotatable bonds is 5. The van der Waals surface area contributed by atoms with Crippen LogP contribution in [0.25, 0.3) is 0 Å². The van der Waals surface area contributed by atoms with Gasteiger partial charge in [0.25, 0.3) is 0 Å². The maximum Gasteiger partial charge on any atom is 0.0332 e. The first-order valence-corrected chi connectivity index (χ1v) is 8.76. The van der Waals surface area contributed by atoms with E-state index in [1.807, 2.05) is 0 Å². The van der Waals surface area contributed by atoms with Crippen molar-refractivity contribution in [1.29, 1.82) is 0 Å². The molecule has 1 aliphatic heterocycles. The summed E-state index contributed by atoms with van der Waals surface area (Å²) in [6, 6.07) is 10.2. The Morgan fingerprint density at radius 1 is 1.19 bits per heavy atom. The lowest BCUT2D eigenvalue weighted by atomic mass is 9.91. The van der Waals surface area contributed by atoms with Crippen LogP contribution in [0.15, 0.2) is 24.3 Å². The van der Waals surface area contributed by atoms with E-state index in [0.29, 0.717) is 6.04 Å². The van der Waals surface area contributed by atoms with Crippen LogP contribution in [-0.2, 0) is 0 Å². The zero-order valence-corrected chi connectivity index (χ0v) is 13.6. The summed E-state index contributed by atoms with van der Waals surface area (Å²) in [6.07, 6.45) is 8.50. The molecule has 2 fully saturated rings. The fraction of sp³-hybridized carbons (Fsp3) is 0.684. The highest BCUT2D eigenvalue weighted by Gasteiger charge is 2.34. The van der Waals surface area contributed by atoms with Gasteiger partial charge in [-0.3, -0.25) is 0 Å². The molecule has 0 radical (unpaired) electrons. The van der Waals surface area contributed by atoms with Gasteiger partial charge in [0, 0.05) is 18.6 Å². The van der Waals surface area contributed by atoms with Gasteiger partial charge in [0.05, 0.1) is 0 Å².